The maximum Gasteiger partial charge on any atom is 0.342 e. The van der Waals surface area contributed by atoms with Crippen molar-refractivity contribution in [2.24, 2.45) is 0 Å². The molecular formula is C14H14O5. The fourth-order valence-corrected chi connectivity index (χ4v) is 2.10. The fourth-order valence-electron chi connectivity index (χ4n) is 2.10. The Hall–Kier alpha value is -2.30. The van der Waals surface area contributed by atoms with E-state index < -0.39 is 11.9 Å². The molecule has 0 saturated heterocycles. The molecule has 100 valence electrons. The summed E-state index contributed by atoms with van der Waals surface area (Å²) in [5.41, 5.74) is 1.12. The standard InChI is InChI=1S/C14H14O5/c1-7-8(2)19-14(18)12-10(7)5-3-9(13(12)17)4-6-11(15)16/h3-8,17H,1-2H3,(H,15,16). The van der Waals surface area contributed by atoms with E-state index in [9.17, 15) is 14.7 Å². The van der Waals surface area contributed by atoms with Crippen molar-refractivity contribution in [3.05, 3.63) is 34.9 Å². The molecule has 0 aromatic heterocycles. The molecule has 5 heteroatoms. The van der Waals surface area contributed by atoms with E-state index in [0.29, 0.717) is 5.56 Å². The van der Waals surface area contributed by atoms with Gasteiger partial charge < -0.3 is 14.9 Å². The minimum atomic E-state index is -1.12. The number of aromatic hydroxyl groups is 1. The fraction of sp³-hybridized carbons (Fsp3) is 0.286. The summed E-state index contributed by atoms with van der Waals surface area (Å²) in [4.78, 5) is 22.3. The molecule has 1 aromatic rings. The third-order valence-corrected chi connectivity index (χ3v) is 3.34. The summed E-state index contributed by atoms with van der Waals surface area (Å²) < 4.78 is 5.15. The average Bonchev–Trinajstić information content (AvgIpc) is 2.34. The number of phenolic OH excluding ortho intramolecular Hbond substituents is 1. The first-order valence-electron chi connectivity index (χ1n) is 5.89. The number of carbonyl (C=O) groups is 2. The van der Waals surface area contributed by atoms with Crippen molar-refractivity contribution < 1.29 is 24.5 Å². The highest BCUT2D eigenvalue weighted by Crippen LogP contribution is 2.37. The summed E-state index contributed by atoms with van der Waals surface area (Å²) in [5.74, 6) is -1.96. The minimum absolute atomic E-state index is 0.0175. The predicted octanol–water partition coefficient (Wildman–Crippen LogP) is 2.15. The van der Waals surface area contributed by atoms with Crippen LogP contribution in [0.2, 0.25) is 0 Å². The van der Waals surface area contributed by atoms with Crippen LogP contribution in [0, 0.1) is 0 Å². The molecule has 0 aliphatic carbocycles. The molecule has 1 aliphatic heterocycles. The lowest BCUT2D eigenvalue weighted by Crippen LogP contribution is -2.28. The highest BCUT2D eigenvalue weighted by atomic mass is 16.5. The Morgan fingerprint density at radius 2 is 2.05 bits per heavy atom. The molecule has 0 amide bonds. The number of carboxylic acids is 1. The van der Waals surface area contributed by atoms with Crippen LogP contribution in [0.5, 0.6) is 5.75 Å². The van der Waals surface area contributed by atoms with Crippen molar-refractivity contribution in [2.45, 2.75) is 25.9 Å². The number of ether oxygens (including phenoxy) is 1. The van der Waals surface area contributed by atoms with Crippen molar-refractivity contribution in [1.29, 1.82) is 0 Å². The highest BCUT2D eigenvalue weighted by molar-refractivity contribution is 5.97. The van der Waals surface area contributed by atoms with E-state index in [-0.39, 0.29) is 28.9 Å². The molecule has 0 saturated carbocycles. The SMILES string of the molecule is CC1OC(=O)c2c(ccc(C=CC(=O)O)c2O)C1C. The third kappa shape index (κ3) is 2.31. The molecule has 1 aliphatic rings. The van der Waals surface area contributed by atoms with Crippen LogP contribution in [-0.2, 0) is 9.53 Å². The van der Waals surface area contributed by atoms with Crippen LogP contribution in [-0.4, -0.2) is 28.3 Å². The number of aliphatic carboxylic acids is 1. The van der Waals surface area contributed by atoms with E-state index in [1.807, 2.05) is 6.92 Å². The summed E-state index contributed by atoms with van der Waals surface area (Å²) >= 11 is 0. The molecule has 0 fully saturated rings. The Kier molecular flexibility index (Phi) is 3.29. The van der Waals surface area contributed by atoms with Gasteiger partial charge in [0.15, 0.2) is 0 Å². The largest absolute Gasteiger partial charge is 0.506 e. The number of carboxylic acid groups (broad SMARTS) is 1. The zero-order valence-electron chi connectivity index (χ0n) is 10.6. The normalized spacial score (nSPS) is 22.1. The van der Waals surface area contributed by atoms with Crippen molar-refractivity contribution in [1.82, 2.24) is 0 Å². The molecule has 2 atom stereocenters. The second-order valence-corrected chi connectivity index (χ2v) is 4.54. The van der Waals surface area contributed by atoms with E-state index >= 15 is 0 Å². The predicted molar refractivity (Wildman–Crippen MR) is 68.1 cm³/mol. The van der Waals surface area contributed by atoms with Crippen LogP contribution in [0.3, 0.4) is 0 Å². The van der Waals surface area contributed by atoms with E-state index in [4.69, 9.17) is 9.84 Å². The molecule has 5 nitrogen and oxygen atoms in total. The minimum Gasteiger partial charge on any atom is -0.506 e. The lowest BCUT2D eigenvalue weighted by molar-refractivity contribution is -0.131. The Morgan fingerprint density at radius 1 is 1.37 bits per heavy atom. The van der Waals surface area contributed by atoms with Gasteiger partial charge in [0.25, 0.3) is 0 Å². The van der Waals surface area contributed by atoms with Crippen LogP contribution in [0.15, 0.2) is 18.2 Å². The van der Waals surface area contributed by atoms with Gasteiger partial charge in [-0.25, -0.2) is 9.59 Å². The number of carbonyl (C=O) groups excluding carboxylic acids is 1. The Labute approximate surface area is 110 Å². The van der Waals surface area contributed by atoms with Crippen LogP contribution in [0.1, 0.15) is 41.3 Å². The Bertz CT molecular complexity index is 573. The van der Waals surface area contributed by atoms with Gasteiger partial charge in [0.2, 0.25) is 0 Å². The van der Waals surface area contributed by atoms with E-state index in [0.717, 1.165) is 6.08 Å². The van der Waals surface area contributed by atoms with Gasteiger partial charge in [0, 0.05) is 17.6 Å². The van der Waals surface area contributed by atoms with Gasteiger partial charge in [-0.15, -0.1) is 0 Å². The summed E-state index contributed by atoms with van der Waals surface area (Å²) in [6.07, 6.45) is 1.90. The number of hydrogen-bond donors (Lipinski definition) is 2. The van der Waals surface area contributed by atoms with Crippen molar-refractivity contribution in [3.8, 4) is 5.75 Å². The van der Waals surface area contributed by atoms with Gasteiger partial charge in [-0.2, -0.15) is 0 Å². The Morgan fingerprint density at radius 3 is 2.68 bits per heavy atom. The molecule has 2 rings (SSSR count). The van der Waals surface area contributed by atoms with Gasteiger partial charge in [-0.3, -0.25) is 0 Å². The van der Waals surface area contributed by atoms with Crippen LogP contribution in [0.4, 0.5) is 0 Å². The number of hydrogen-bond acceptors (Lipinski definition) is 4. The molecule has 0 radical (unpaired) electrons. The summed E-state index contributed by atoms with van der Waals surface area (Å²) in [5, 5.41) is 18.6. The summed E-state index contributed by atoms with van der Waals surface area (Å²) in [6.45, 7) is 3.70. The maximum absolute atomic E-state index is 11.8. The number of rotatable bonds is 2. The number of phenols is 1. The number of esters is 1. The van der Waals surface area contributed by atoms with E-state index in [2.05, 4.69) is 0 Å². The zero-order chi connectivity index (χ0) is 14.2. The van der Waals surface area contributed by atoms with Crippen molar-refractivity contribution in [2.75, 3.05) is 0 Å². The first-order valence-corrected chi connectivity index (χ1v) is 5.89. The quantitative estimate of drug-likeness (QED) is 0.630. The monoisotopic (exact) mass is 262 g/mol. The maximum atomic E-state index is 11.8. The lowest BCUT2D eigenvalue weighted by Gasteiger charge is -2.28. The average molecular weight is 262 g/mol. The van der Waals surface area contributed by atoms with Crippen LogP contribution in [0.25, 0.3) is 6.08 Å². The molecule has 0 spiro atoms. The Balaban J connectivity index is 2.53. The molecular weight excluding hydrogens is 248 g/mol. The first-order chi connectivity index (χ1) is 8.91. The molecule has 2 unspecified atom stereocenters. The zero-order valence-corrected chi connectivity index (χ0v) is 10.6. The number of cyclic esters (lactones) is 1. The lowest BCUT2D eigenvalue weighted by atomic mass is 9.87. The van der Waals surface area contributed by atoms with Gasteiger partial charge in [-0.05, 0) is 18.6 Å². The summed E-state index contributed by atoms with van der Waals surface area (Å²) in [6, 6.07) is 3.31. The highest BCUT2D eigenvalue weighted by Gasteiger charge is 2.32. The van der Waals surface area contributed by atoms with E-state index in [1.54, 1.807) is 19.1 Å². The van der Waals surface area contributed by atoms with Crippen molar-refractivity contribution >= 4 is 18.0 Å². The molecule has 2 N–H and O–H groups in total. The van der Waals surface area contributed by atoms with Gasteiger partial charge >= 0.3 is 11.9 Å². The molecule has 1 aromatic carbocycles. The van der Waals surface area contributed by atoms with Crippen molar-refractivity contribution in [3.63, 3.8) is 0 Å². The first kappa shape index (κ1) is 13.1. The molecule has 0 bridgehead atoms. The van der Waals surface area contributed by atoms with E-state index in [1.165, 1.54) is 6.08 Å². The molecule has 19 heavy (non-hydrogen) atoms. The smallest absolute Gasteiger partial charge is 0.342 e. The number of fused-ring (bicyclic) bond motifs is 1. The number of benzene rings is 1. The van der Waals surface area contributed by atoms with Gasteiger partial charge in [0.1, 0.15) is 17.4 Å². The molecule has 1 heterocycles. The second kappa shape index (κ2) is 4.76. The topological polar surface area (TPSA) is 83.8 Å². The van der Waals surface area contributed by atoms with Crippen LogP contribution >= 0.6 is 0 Å². The van der Waals surface area contributed by atoms with Gasteiger partial charge in [0.05, 0.1) is 0 Å². The second-order valence-electron chi connectivity index (χ2n) is 4.54. The van der Waals surface area contributed by atoms with Gasteiger partial charge in [-0.1, -0.05) is 19.1 Å². The third-order valence-electron chi connectivity index (χ3n) is 3.34. The van der Waals surface area contributed by atoms with Crippen LogP contribution < -0.4 is 0 Å². The summed E-state index contributed by atoms with van der Waals surface area (Å²) in [7, 11) is 0.